The molecule has 24 heavy (non-hydrogen) atoms. The Bertz CT molecular complexity index is 775. The largest absolute Gasteiger partial charge is 0.358 e. The number of urea groups is 1. The maximum Gasteiger partial charge on any atom is 0.314 e. The Morgan fingerprint density at radius 3 is 2.83 bits per heavy atom. The zero-order valence-electron chi connectivity index (χ0n) is 13.8. The van der Waals surface area contributed by atoms with Gasteiger partial charge in [0.05, 0.1) is 5.01 Å². The number of nitrogens with zero attached hydrogens (tertiary/aromatic N) is 1. The molecule has 2 amide bonds. The fourth-order valence-corrected chi connectivity index (χ4v) is 3.42. The van der Waals surface area contributed by atoms with Crippen molar-refractivity contribution in [2.45, 2.75) is 26.2 Å². The minimum atomic E-state index is -0.110. The molecule has 0 bridgehead atoms. The second-order valence-electron chi connectivity index (χ2n) is 5.80. The summed E-state index contributed by atoms with van der Waals surface area (Å²) < 4.78 is 0. The molecule has 0 aliphatic rings. The summed E-state index contributed by atoms with van der Waals surface area (Å²) >= 11 is 1.68. The van der Waals surface area contributed by atoms with Crippen LogP contribution in [0, 0.1) is 6.92 Å². The lowest BCUT2D eigenvalue weighted by atomic mass is 10.2. The van der Waals surface area contributed by atoms with Crippen LogP contribution < -0.4 is 10.6 Å². The van der Waals surface area contributed by atoms with Crippen molar-refractivity contribution in [2.75, 3.05) is 13.1 Å². The number of H-pyrrole nitrogens is 1. The van der Waals surface area contributed by atoms with E-state index >= 15 is 0 Å². The number of aryl methyl sites for hydroxylation is 2. The van der Waals surface area contributed by atoms with E-state index in [0.717, 1.165) is 41.2 Å². The molecular formula is C18H22N4OS. The number of aromatic amines is 1. The van der Waals surface area contributed by atoms with Crippen molar-refractivity contribution >= 4 is 28.3 Å². The van der Waals surface area contributed by atoms with Gasteiger partial charge in [0.25, 0.3) is 0 Å². The topological polar surface area (TPSA) is 69.8 Å². The van der Waals surface area contributed by atoms with Crippen molar-refractivity contribution in [3.63, 3.8) is 0 Å². The molecule has 0 atom stereocenters. The van der Waals surface area contributed by atoms with Gasteiger partial charge in [-0.1, -0.05) is 18.2 Å². The smallest absolute Gasteiger partial charge is 0.314 e. The first-order valence-electron chi connectivity index (χ1n) is 8.20. The standard InChI is InChI=1S/C18H22N4OS/c1-13-12-24-17(21-13)7-4-9-19-18(23)20-10-8-15-11-14-5-2-3-6-16(14)22-15/h2-3,5-6,11-12,22H,4,7-10H2,1H3,(H2,19,20,23). The summed E-state index contributed by atoms with van der Waals surface area (Å²) in [5.74, 6) is 0. The number of carbonyl (C=O) groups is 1. The number of fused-ring (bicyclic) bond motifs is 1. The highest BCUT2D eigenvalue weighted by atomic mass is 32.1. The number of carbonyl (C=O) groups excluding carboxylic acids is 1. The summed E-state index contributed by atoms with van der Waals surface area (Å²) in [6.45, 7) is 3.28. The second kappa shape index (κ2) is 7.97. The fraction of sp³-hybridized carbons (Fsp3) is 0.333. The van der Waals surface area contributed by atoms with Gasteiger partial charge in [-0.2, -0.15) is 0 Å². The van der Waals surface area contributed by atoms with Crippen LogP contribution in [0.4, 0.5) is 4.79 Å². The Kier molecular flexibility index (Phi) is 5.48. The number of benzene rings is 1. The van der Waals surface area contributed by atoms with Crippen LogP contribution in [-0.4, -0.2) is 29.1 Å². The monoisotopic (exact) mass is 342 g/mol. The van der Waals surface area contributed by atoms with E-state index in [2.05, 4.69) is 44.2 Å². The van der Waals surface area contributed by atoms with Gasteiger partial charge in [0.15, 0.2) is 0 Å². The third kappa shape index (κ3) is 4.58. The molecular weight excluding hydrogens is 320 g/mol. The average Bonchev–Trinajstić information content (AvgIpc) is 3.17. The van der Waals surface area contributed by atoms with Crippen LogP contribution in [0.5, 0.6) is 0 Å². The van der Waals surface area contributed by atoms with E-state index in [1.165, 1.54) is 5.39 Å². The number of hydrogen-bond acceptors (Lipinski definition) is 3. The molecule has 0 unspecified atom stereocenters. The van der Waals surface area contributed by atoms with Crippen LogP contribution in [0.1, 0.15) is 22.8 Å². The lowest BCUT2D eigenvalue weighted by Crippen LogP contribution is -2.37. The molecule has 3 N–H and O–H groups in total. The van der Waals surface area contributed by atoms with Gasteiger partial charge in [0.2, 0.25) is 0 Å². The molecule has 0 spiro atoms. The predicted molar refractivity (Wildman–Crippen MR) is 98.6 cm³/mol. The zero-order valence-corrected chi connectivity index (χ0v) is 14.6. The molecule has 0 radical (unpaired) electrons. The zero-order chi connectivity index (χ0) is 16.8. The minimum absolute atomic E-state index is 0.110. The number of hydrogen-bond donors (Lipinski definition) is 3. The van der Waals surface area contributed by atoms with Crippen molar-refractivity contribution in [3.05, 3.63) is 52.1 Å². The number of rotatable bonds is 7. The Labute approximate surface area is 145 Å². The van der Waals surface area contributed by atoms with Gasteiger partial charge < -0.3 is 15.6 Å². The van der Waals surface area contributed by atoms with E-state index in [4.69, 9.17) is 0 Å². The van der Waals surface area contributed by atoms with E-state index in [1.54, 1.807) is 11.3 Å². The first-order chi connectivity index (χ1) is 11.7. The van der Waals surface area contributed by atoms with E-state index < -0.39 is 0 Å². The van der Waals surface area contributed by atoms with Crippen molar-refractivity contribution in [2.24, 2.45) is 0 Å². The first-order valence-corrected chi connectivity index (χ1v) is 9.08. The molecule has 0 saturated heterocycles. The summed E-state index contributed by atoms with van der Waals surface area (Å²) in [6.07, 6.45) is 2.61. The molecule has 0 saturated carbocycles. The fourth-order valence-electron chi connectivity index (χ4n) is 2.60. The lowest BCUT2D eigenvalue weighted by molar-refractivity contribution is 0.241. The van der Waals surface area contributed by atoms with Gasteiger partial charge in [-0.25, -0.2) is 9.78 Å². The Hall–Kier alpha value is -2.34. The van der Waals surface area contributed by atoms with Crippen LogP contribution in [0.25, 0.3) is 10.9 Å². The van der Waals surface area contributed by atoms with Crippen molar-refractivity contribution < 1.29 is 4.79 Å². The molecule has 2 heterocycles. The summed E-state index contributed by atoms with van der Waals surface area (Å²) in [5, 5.41) is 10.2. The third-order valence-electron chi connectivity index (χ3n) is 3.79. The number of thiazole rings is 1. The van der Waals surface area contributed by atoms with Gasteiger partial charge in [-0.05, 0) is 30.9 Å². The number of aromatic nitrogens is 2. The van der Waals surface area contributed by atoms with Crippen LogP contribution in [-0.2, 0) is 12.8 Å². The summed E-state index contributed by atoms with van der Waals surface area (Å²) in [4.78, 5) is 19.6. The van der Waals surface area contributed by atoms with E-state index in [9.17, 15) is 4.79 Å². The number of nitrogens with one attached hydrogen (secondary N) is 3. The number of para-hydroxylation sites is 1. The maximum atomic E-state index is 11.8. The van der Waals surface area contributed by atoms with Crippen LogP contribution in [0.2, 0.25) is 0 Å². The Morgan fingerprint density at radius 1 is 1.21 bits per heavy atom. The highest BCUT2D eigenvalue weighted by Crippen LogP contribution is 2.14. The predicted octanol–water partition coefficient (Wildman–Crippen LogP) is 3.41. The second-order valence-corrected chi connectivity index (χ2v) is 6.74. The lowest BCUT2D eigenvalue weighted by Gasteiger charge is -2.06. The SMILES string of the molecule is Cc1csc(CCCNC(=O)NCCc2cc3ccccc3[nH]2)n1. The molecule has 3 rings (SSSR count). The van der Waals surface area contributed by atoms with Gasteiger partial charge >= 0.3 is 6.03 Å². The first kappa shape index (κ1) is 16.5. The molecule has 3 aromatic rings. The molecule has 0 fully saturated rings. The summed E-state index contributed by atoms with van der Waals surface area (Å²) in [7, 11) is 0. The van der Waals surface area contributed by atoms with E-state index in [0.29, 0.717) is 13.1 Å². The van der Waals surface area contributed by atoms with Crippen LogP contribution >= 0.6 is 11.3 Å². The van der Waals surface area contributed by atoms with Crippen molar-refractivity contribution in [1.82, 2.24) is 20.6 Å². The quantitative estimate of drug-likeness (QED) is 0.576. The van der Waals surface area contributed by atoms with Crippen molar-refractivity contribution in [1.29, 1.82) is 0 Å². The van der Waals surface area contributed by atoms with Crippen molar-refractivity contribution in [3.8, 4) is 0 Å². The molecule has 0 aliphatic heterocycles. The molecule has 126 valence electrons. The van der Waals surface area contributed by atoms with E-state index in [1.807, 2.05) is 19.1 Å². The molecule has 6 heteroatoms. The summed E-state index contributed by atoms with van der Waals surface area (Å²) in [5.41, 5.74) is 3.34. The summed E-state index contributed by atoms with van der Waals surface area (Å²) in [6, 6.07) is 10.2. The third-order valence-corrected chi connectivity index (χ3v) is 4.81. The highest BCUT2D eigenvalue weighted by molar-refractivity contribution is 7.09. The van der Waals surface area contributed by atoms with Gasteiger partial charge in [-0.15, -0.1) is 11.3 Å². The Morgan fingerprint density at radius 2 is 2.04 bits per heavy atom. The number of amides is 2. The molecule has 0 aliphatic carbocycles. The molecule has 5 nitrogen and oxygen atoms in total. The minimum Gasteiger partial charge on any atom is -0.358 e. The maximum absolute atomic E-state index is 11.8. The van der Waals surface area contributed by atoms with Crippen LogP contribution in [0.3, 0.4) is 0 Å². The van der Waals surface area contributed by atoms with Crippen LogP contribution in [0.15, 0.2) is 35.7 Å². The molecule has 1 aromatic carbocycles. The normalized spacial score (nSPS) is 10.9. The highest BCUT2D eigenvalue weighted by Gasteiger charge is 2.03. The Balaban J connectivity index is 1.32. The van der Waals surface area contributed by atoms with Gasteiger partial charge in [0.1, 0.15) is 0 Å². The molecule has 2 aromatic heterocycles. The average molecular weight is 342 g/mol. The van der Waals surface area contributed by atoms with E-state index in [-0.39, 0.29) is 6.03 Å². The van der Waals surface area contributed by atoms with Gasteiger partial charge in [-0.3, -0.25) is 0 Å². The van der Waals surface area contributed by atoms with Gasteiger partial charge in [0, 0.05) is 48.2 Å².